The van der Waals surface area contributed by atoms with Crippen molar-refractivity contribution in [3.05, 3.63) is 30.4 Å². The lowest BCUT2D eigenvalue weighted by Crippen LogP contribution is -2.44. The van der Waals surface area contributed by atoms with Crippen LogP contribution in [0.3, 0.4) is 0 Å². The van der Waals surface area contributed by atoms with Gasteiger partial charge in [0.15, 0.2) is 11.8 Å². The Kier molecular flexibility index (Phi) is 8.80. The number of aryl methyl sites for hydroxylation is 1. The van der Waals surface area contributed by atoms with Gasteiger partial charge in [-0.2, -0.15) is 0 Å². The van der Waals surface area contributed by atoms with Gasteiger partial charge in [0.2, 0.25) is 0 Å². The molecule has 1 atom stereocenters. The monoisotopic (exact) mass is 515 g/mol. The predicted octanol–water partition coefficient (Wildman–Crippen LogP) is 1.88. The minimum Gasteiger partial charge on any atom is -0.497 e. The van der Waals surface area contributed by atoms with E-state index < -0.39 is 0 Å². The molecule has 0 bridgehead atoms. The first-order valence-electron chi connectivity index (χ1n) is 9.48. The summed E-state index contributed by atoms with van der Waals surface area (Å²) in [6.45, 7) is 5.33. The average Bonchev–Trinajstić information content (AvgIpc) is 3.39. The van der Waals surface area contributed by atoms with Crippen molar-refractivity contribution >= 4 is 35.6 Å². The zero-order valence-electron chi connectivity index (χ0n) is 17.4. The maximum Gasteiger partial charge on any atom is 0.191 e. The van der Waals surface area contributed by atoms with Crippen molar-refractivity contribution in [2.24, 2.45) is 4.99 Å². The van der Waals surface area contributed by atoms with Crippen LogP contribution >= 0.6 is 24.0 Å². The van der Waals surface area contributed by atoms with Gasteiger partial charge in [0.25, 0.3) is 0 Å². The first kappa shape index (κ1) is 23.0. The van der Waals surface area contributed by atoms with Crippen LogP contribution in [0, 0.1) is 0 Å². The maximum absolute atomic E-state index is 5.39. The van der Waals surface area contributed by atoms with Gasteiger partial charge in [-0.05, 0) is 13.3 Å². The van der Waals surface area contributed by atoms with Gasteiger partial charge in [0, 0.05) is 56.6 Å². The number of aliphatic imine (C=N–C) groups is 1. The summed E-state index contributed by atoms with van der Waals surface area (Å²) in [5.74, 6) is 3.24. The zero-order valence-corrected chi connectivity index (χ0v) is 19.7. The van der Waals surface area contributed by atoms with Gasteiger partial charge >= 0.3 is 0 Å². The summed E-state index contributed by atoms with van der Waals surface area (Å²) in [5.41, 5.74) is 1.10. The van der Waals surface area contributed by atoms with Gasteiger partial charge in [0.1, 0.15) is 17.8 Å². The number of hydrogen-bond acceptors (Lipinski definition) is 6. The van der Waals surface area contributed by atoms with E-state index in [0.717, 1.165) is 55.0 Å². The largest absolute Gasteiger partial charge is 0.497 e. The molecule has 3 rings (SSSR count). The maximum atomic E-state index is 5.39. The average molecular weight is 515 g/mol. The lowest BCUT2D eigenvalue weighted by molar-refractivity contribution is 0.394. The van der Waals surface area contributed by atoms with Crippen molar-refractivity contribution in [1.82, 2.24) is 25.4 Å². The van der Waals surface area contributed by atoms with Crippen LogP contribution in [0.2, 0.25) is 0 Å². The molecule has 0 amide bonds. The van der Waals surface area contributed by atoms with Gasteiger partial charge in [-0.1, -0.05) is 0 Å². The number of ether oxygens (including phenoxy) is 2. The Labute approximate surface area is 188 Å². The lowest BCUT2D eigenvalue weighted by atomic mass is 10.2. The zero-order chi connectivity index (χ0) is 19.9. The van der Waals surface area contributed by atoms with E-state index in [2.05, 4.69) is 37.6 Å². The predicted molar refractivity (Wildman–Crippen MR) is 125 cm³/mol. The molecule has 0 radical (unpaired) electrons. The third-order valence-electron chi connectivity index (χ3n) is 4.90. The Morgan fingerprint density at radius 2 is 1.97 bits per heavy atom. The Hall–Kier alpha value is -2.24. The fourth-order valence-corrected chi connectivity index (χ4v) is 3.32. The lowest BCUT2D eigenvalue weighted by Gasteiger charge is -2.21. The smallest absolute Gasteiger partial charge is 0.191 e. The number of guanidine groups is 1. The van der Waals surface area contributed by atoms with Crippen LogP contribution in [0.4, 0.5) is 5.69 Å². The molecule has 1 aliphatic rings. The van der Waals surface area contributed by atoms with E-state index in [1.165, 1.54) is 0 Å². The first-order valence-corrected chi connectivity index (χ1v) is 9.48. The van der Waals surface area contributed by atoms with E-state index in [9.17, 15) is 0 Å². The minimum absolute atomic E-state index is 0. The molecular weight excluding hydrogens is 485 g/mol. The number of halogens is 1. The molecule has 1 saturated heterocycles. The van der Waals surface area contributed by atoms with Crippen LogP contribution in [-0.2, 0) is 13.1 Å². The summed E-state index contributed by atoms with van der Waals surface area (Å²) in [6, 6.07) is 6.26. The highest BCUT2D eigenvalue weighted by molar-refractivity contribution is 14.0. The van der Waals surface area contributed by atoms with Crippen LogP contribution in [0.25, 0.3) is 0 Å². The summed E-state index contributed by atoms with van der Waals surface area (Å²) in [6.07, 6.45) is 2.76. The van der Waals surface area contributed by atoms with Crippen LogP contribution in [0.1, 0.15) is 19.2 Å². The van der Waals surface area contributed by atoms with Gasteiger partial charge < -0.3 is 29.6 Å². The Morgan fingerprint density at radius 1 is 1.24 bits per heavy atom. The summed E-state index contributed by atoms with van der Waals surface area (Å²) >= 11 is 0. The number of hydrogen-bond donors (Lipinski definition) is 2. The summed E-state index contributed by atoms with van der Waals surface area (Å²) < 4.78 is 12.8. The highest BCUT2D eigenvalue weighted by Crippen LogP contribution is 2.30. The van der Waals surface area contributed by atoms with E-state index in [-0.39, 0.29) is 24.0 Å². The highest BCUT2D eigenvalue weighted by atomic mass is 127. The van der Waals surface area contributed by atoms with Gasteiger partial charge in [-0.25, -0.2) is 0 Å². The molecule has 160 valence electrons. The molecule has 1 aromatic heterocycles. The summed E-state index contributed by atoms with van der Waals surface area (Å²) in [4.78, 5) is 6.66. The topological polar surface area (TPSA) is 88.8 Å². The van der Waals surface area contributed by atoms with Gasteiger partial charge in [0.05, 0.1) is 20.8 Å². The molecule has 0 spiro atoms. The molecule has 1 aromatic carbocycles. The minimum atomic E-state index is 0. The van der Waals surface area contributed by atoms with Crippen molar-refractivity contribution in [2.75, 3.05) is 39.3 Å². The number of benzene rings is 1. The molecule has 1 unspecified atom stereocenters. The molecule has 1 fully saturated rings. The Morgan fingerprint density at radius 3 is 2.59 bits per heavy atom. The number of aromatic nitrogens is 3. The van der Waals surface area contributed by atoms with Crippen LogP contribution in [0.15, 0.2) is 29.5 Å². The molecule has 10 heteroatoms. The number of nitrogens with zero attached hydrogens (tertiary/aromatic N) is 5. The second kappa shape index (κ2) is 11.1. The number of nitrogens with one attached hydrogen (secondary N) is 2. The summed E-state index contributed by atoms with van der Waals surface area (Å²) in [5, 5.41) is 14.9. The van der Waals surface area contributed by atoms with Gasteiger partial charge in [-0.15, -0.1) is 34.2 Å². The molecule has 2 heterocycles. The standard InChI is InChI=1S/C19H29N7O2.HI/c1-5-25-13-22-24-18(25)11-21-19(20-2)23-14-6-7-26(12-14)15-8-16(27-3)10-17(9-15)28-4;/h8-10,13-14H,5-7,11-12H2,1-4H3,(H2,20,21,23);1H. The fraction of sp³-hybridized carbons (Fsp3) is 0.526. The van der Waals surface area contributed by atoms with E-state index >= 15 is 0 Å². The molecule has 29 heavy (non-hydrogen) atoms. The van der Waals surface area contributed by atoms with Crippen LogP contribution in [-0.4, -0.2) is 61.1 Å². The molecular formula is C19H30IN7O2. The van der Waals surface area contributed by atoms with Gasteiger partial charge in [-0.3, -0.25) is 4.99 Å². The molecule has 1 aliphatic heterocycles. The second-order valence-electron chi connectivity index (χ2n) is 6.61. The normalized spacial score (nSPS) is 16.3. The van der Waals surface area contributed by atoms with Crippen LogP contribution < -0.4 is 25.0 Å². The molecule has 0 aliphatic carbocycles. The number of methoxy groups -OCH3 is 2. The van der Waals surface area contributed by atoms with Crippen molar-refractivity contribution in [3.63, 3.8) is 0 Å². The number of rotatable bonds is 7. The van der Waals surface area contributed by atoms with E-state index in [4.69, 9.17) is 9.47 Å². The van der Waals surface area contributed by atoms with Crippen molar-refractivity contribution in [3.8, 4) is 11.5 Å². The van der Waals surface area contributed by atoms with E-state index in [0.29, 0.717) is 12.6 Å². The van der Waals surface area contributed by atoms with Crippen molar-refractivity contribution in [2.45, 2.75) is 32.5 Å². The number of anilines is 1. The first-order chi connectivity index (χ1) is 13.7. The third-order valence-corrected chi connectivity index (χ3v) is 4.90. The molecule has 9 nitrogen and oxygen atoms in total. The van der Waals surface area contributed by atoms with Crippen molar-refractivity contribution < 1.29 is 9.47 Å². The third kappa shape index (κ3) is 5.87. The van der Waals surface area contributed by atoms with E-state index in [1.807, 2.05) is 22.8 Å². The van der Waals surface area contributed by atoms with Crippen LogP contribution in [0.5, 0.6) is 11.5 Å². The summed E-state index contributed by atoms with van der Waals surface area (Å²) in [7, 11) is 5.11. The Balaban J connectivity index is 0.00000300. The second-order valence-corrected chi connectivity index (χ2v) is 6.61. The van der Waals surface area contributed by atoms with E-state index in [1.54, 1.807) is 27.6 Å². The molecule has 2 aromatic rings. The Bertz CT molecular complexity index is 789. The highest BCUT2D eigenvalue weighted by Gasteiger charge is 2.24. The van der Waals surface area contributed by atoms with Crippen molar-refractivity contribution in [1.29, 1.82) is 0 Å². The molecule has 2 N–H and O–H groups in total. The molecule has 0 saturated carbocycles. The fourth-order valence-electron chi connectivity index (χ4n) is 3.32. The SMILES string of the molecule is CCn1cnnc1CNC(=NC)NC1CCN(c2cc(OC)cc(OC)c2)C1.I. The quantitative estimate of drug-likeness (QED) is 0.331.